The molecule has 1 aliphatic heterocycles. The van der Waals surface area contributed by atoms with Crippen molar-refractivity contribution >= 4 is 15.8 Å². The Balaban J connectivity index is 1.37. The summed E-state index contributed by atoms with van der Waals surface area (Å²) < 4.78 is 28.7. The van der Waals surface area contributed by atoms with Crippen molar-refractivity contribution in [1.29, 1.82) is 0 Å². The molecule has 0 unspecified atom stereocenters. The van der Waals surface area contributed by atoms with E-state index in [1.54, 1.807) is 29.2 Å². The number of pyridine rings is 2. The van der Waals surface area contributed by atoms with E-state index in [1.165, 1.54) is 10.5 Å². The Kier molecular flexibility index (Phi) is 5.56. The first-order valence-corrected chi connectivity index (χ1v) is 10.8. The molecular formula is C19H23N7O2S. The number of hydrogen-bond acceptors (Lipinski definition) is 7. The molecule has 4 rings (SSSR count). The molecule has 3 aromatic rings. The summed E-state index contributed by atoms with van der Waals surface area (Å²) in [6.45, 7) is 3.00. The standard InChI is InChI=1S/C19H23N7O2S/c1-24-9-11-25(12-10-24)29(27,28)17-4-5-18(21-15-17)20-13-16-3-6-19(22-14-16)26-8-2-7-23-26/h2-8,14-15H,9-13H2,1H3,(H,20,21). The van der Waals surface area contributed by atoms with Gasteiger partial charge in [0.25, 0.3) is 0 Å². The molecule has 1 aliphatic rings. The van der Waals surface area contributed by atoms with Crippen molar-refractivity contribution in [2.75, 3.05) is 38.5 Å². The van der Waals surface area contributed by atoms with E-state index in [0.29, 0.717) is 25.5 Å². The van der Waals surface area contributed by atoms with Gasteiger partial charge in [-0.05, 0) is 36.9 Å². The summed E-state index contributed by atoms with van der Waals surface area (Å²) in [5, 5.41) is 7.34. The van der Waals surface area contributed by atoms with Crippen LogP contribution in [0.2, 0.25) is 0 Å². The highest BCUT2D eigenvalue weighted by Crippen LogP contribution is 2.18. The maximum absolute atomic E-state index is 12.7. The van der Waals surface area contributed by atoms with Crippen LogP contribution in [0, 0.1) is 0 Å². The van der Waals surface area contributed by atoms with Gasteiger partial charge in [0, 0.05) is 57.5 Å². The maximum Gasteiger partial charge on any atom is 0.244 e. The van der Waals surface area contributed by atoms with Crippen molar-refractivity contribution in [1.82, 2.24) is 29.0 Å². The van der Waals surface area contributed by atoms with Gasteiger partial charge in [-0.3, -0.25) is 0 Å². The van der Waals surface area contributed by atoms with Crippen LogP contribution in [-0.4, -0.2) is 70.6 Å². The smallest absolute Gasteiger partial charge is 0.244 e. The van der Waals surface area contributed by atoms with E-state index in [0.717, 1.165) is 24.5 Å². The van der Waals surface area contributed by atoms with Crippen LogP contribution in [0.1, 0.15) is 5.56 Å². The fourth-order valence-electron chi connectivity index (χ4n) is 3.07. The van der Waals surface area contributed by atoms with Gasteiger partial charge in [0.05, 0.1) is 0 Å². The van der Waals surface area contributed by atoms with Gasteiger partial charge in [-0.15, -0.1) is 0 Å². The van der Waals surface area contributed by atoms with E-state index in [9.17, 15) is 8.42 Å². The predicted molar refractivity (Wildman–Crippen MR) is 109 cm³/mol. The first-order chi connectivity index (χ1) is 14.0. The predicted octanol–water partition coefficient (Wildman–Crippen LogP) is 1.21. The molecule has 3 aromatic heterocycles. The molecule has 1 fully saturated rings. The lowest BCUT2D eigenvalue weighted by Crippen LogP contribution is -2.47. The second-order valence-corrected chi connectivity index (χ2v) is 8.85. The molecule has 0 saturated carbocycles. The molecule has 1 saturated heterocycles. The Bertz CT molecular complexity index is 1030. The van der Waals surface area contributed by atoms with Gasteiger partial charge in [0.15, 0.2) is 5.82 Å². The van der Waals surface area contributed by atoms with Gasteiger partial charge in [0.1, 0.15) is 10.7 Å². The second kappa shape index (κ2) is 8.27. The van der Waals surface area contributed by atoms with E-state index in [2.05, 4.69) is 25.3 Å². The molecule has 0 spiro atoms. The van der Waals surface area contributed by atoms with E-state index >= 15 is 0 Å². The maximum atomic E-state index is 12.7. The monoisotopic (exact) mass is 413 g/mol. The van der Waals surface area contributed by atoms with Crippen LogP contribution in [-0.2, 0) is 16.6 Å². The van der Waals surface area contributed by atoms with Crippen LogP contribution >= 0.6 is 0 Å². The number of likely N-dealkylation sites (N-methyl/N-ethyl adjacent to an activating group) is 1. The Morgan fingerprint density at radius 3 is 2.48 bits per heavy atom. The van der Waals surface area contributed by atoms with Crippen LogP contribution in [0.25, 0.3) is 5.82 Å². The lowest BCUT2D eigenvalue weighted by Gasteiger charge is -2.31. The van der Waals surface area contributed by atoms with Crippen molar-refractivity contribution in [3.63, 3.8) is 0 Å². The molecular weight excluding hydrogens is 390 g/mol. The third kappa shape index (κ3) is 4.44. The summed E-state index contributed by atoms with van der Waals surface area (Å²) in [5.74, 6) is 1.36. The average molecular weight is 414 g/mol. The van der Waals surface area contributed by atoms with Crippen molar-refractivity contribution in [3.05, 3.63) is 60.7 Å². The topological polar surface area (TPSA) is 96.2 Å². The molecule has 4 heterocycles. The van der Waals surface area contributed by atoms with Gasteiger partial charge >= 0.3 is 0 Å². The highest BCUT2D eigenvalue weighted by atomic mass is 32.2. The zero-order chi connectivity index (χ0) is 20.3. The van der Waals surface area contributed by atoms with E-state index in [4.69, 9.17) is 0 Å². The SMILES string of the molecule is CN1CCN(S(=O)(=O)c2ccc(NCc3ccc(-n4cccn4)nc3)nc2)CC1. The first kappa shape index (κ1) is 19.5. The number of rotatable bonds is 6. The molecule has 0 amide bonds. The number of aromatic nitrogens is 4. The van der Waals surface area contributed by atoms with Gasteiger partial charge in [-0.25, -0.2) is 23.1 Å². The van der Waals surface area contributed by atoms with Crippen LogP contribution in [0.3, 0.4) is 0 Å². The summed E-state index contributed by atoms with van der Waals surface area (Å²) in [5.41, 5.74) is 0.983. The summed E-state index contributed by atoms with van der Waals surface area (Å²) in [6.07, 6.45) is 6.73. The molecule has 29 heavy (non-hydrogen) atoms. The number of nitrogens with one attached hydrogen (secondary N) is 1. The minimum atomic E-state index is -3.50. The Morgan fingerprint density at radius 2 is 1.86 bits per heavy atom. The van der Waals surface area contributed by atoms with Crippen LogP contribution in [0.15, 0.2) is 60.0 Å². The molecule has 0 aliphatic carbocycles. The van der Waals surface area contributed by atoms with Gasteiger partial charge in [0.2, 0.25) is 10.0 Å². The molecule has 10 heteroatoms. The lowest BCUT2D eigenvalue weighted by molar-refractivity contribution is 0.222. The molecule has 0 atom stereocenters. The quantitative estimate of drug-likeness (QED) is 0.649. The van der Waals surface area contributed by atoms with Crippen LogP contribution in [0.5, 0.6) is 0 Å². The van der Waals surface area contributed by atoms with E-state index in [1.807, 2.05) is 31.4 Å². The Hall–Kier alpha value is -2.82. The molecule has 0 bridgehead atoms. The minimum Gasteiger partial charge on any atom is -0.366 e. The van der Waals surface area contributed by atoms with E-state index in [-0.39, 0.29) is 4.90 Å². The van der Waals surface area contributed by atoms with Crippen molar-refractivity contribution in [2.24, 2.45) is 0 Å². The van der Waals surface area contributed by atoms with E-state index < -0.39 is 10.0 Å². The summed E-state index contributed by atoms with van der Waals surface area (Å²) in [4.78, 5) is 11.0. The molecule has 1 N–H and O–H groups in total. The summed E-state index contributed by atoms with van der Waals surface area (Å²) in [7, 11) is -1.51. The van der Waals surface area contributed by atoms with Gasteiger partial charge < -0.3 is 10.2 Å². The number of anilines is 1. The Morgan fingerprint density at radius 1 is 1.03 bits per heavy atom. The number of hydrogen-bond donors (Lipinski definition) is 1. The fraction of sp³-hybridized carbons (Fsp3) is 0.316. The fourth-order valence-corrected chi connectivity index (χ4v) is 4.44. The second-order valence-electron chi connectivity index (χ2n) is 6.92. The first-order valence-electron chi connectivity index (χ1n) is 9.36. The van der Waals surface area contributed by atoms with Gasteiger partial charge in [-0.2, -0.15) is 9.40 Å². The minimum absolute atomic E-state index is 0.220. The van der Waals surface area contributed by atoms with Crippen molar-refractivity contribution < 1.29 is 8.42 Å². The zero-order valence-electron chi connectivity index (χ0n) is 16.1. The third-order valence-electron chi connectivity index (χ3n) is 4.86. The molecule has 0 radical (unpaired) electrons. The third-order valence-corrected chi connectivity index (χ3v) is 6.74. The average Bonchev–Trinajstić information content (AvgIpc) is 3.28. The van der Waals surface area contributed by atoms with Crippen LogP contribution in [0.4, 0.5) is 5.82 Å². The van der Waals surface area contributed by atoms with Crippen LogP contribution < -0.4 is 5.32 Å². The van der Waals surface area contributed by atoms with Crippen molar-refractivity contribution in [3.8, 4) is 5.82 Å². The molecule has 9 nitrogen and oxygen atoms in total. The number of nitrogens with zero attached hydrogens (tertiary/aromatic N) is 6. The molecule has 152 valence electrons. The molecule has 0 aromatic carbocycles. The largest absolute Gasteiger partial charge is 0.366 e. The number of sulfonamides is 1. The highest BCUT2D eigenvalue weighted by Gasteiger charge is 2.27. The summed E-state index contributed by atoms with van der Waals surface area (Å²) >= 11 is 0. The zero-order valence-corrected chi connectivity index (χ0v) is 17.0. The Labute approximate surface area is 170 Å². The normalized spacial score (nSPS) is 16.0. The highest BCUT2D eigenvalue weighted by molar-refractivity contribution is 7.89. The lowest BCUT2D eigenvalue weighted by atomic mass is 10.3. The van der Waals surface area contributed by atoms with Gasteiger partial charge in [-0.1, -0.05) is 6.07 Å². The summed E-state index contributed by atoms with van der Waals surface area (Å²) in [6, 6.07) is 8.99. The number of piperazine rings is 1. The van der Waals surface area contributed by atoms with Crippen molar-refractivity contribution in [2.45, 2.75) is 11.4 Å².